The normalized spacial score (nSPS) is 22.9. The number of nitrogens with one attached hydrogen (secondary N) is 1. The van der Waals surface area contributed by atoms with E-state index in [1.54, 1.807) is 7.11 Å². The third-order valence-corrected chi connectivity index (χ3v) is 5.58. The molecule has 0 aliphatic carbocycles. The Balaban J connectivity index is 0.00000300. The van der Waals surface area contributed by atoms with Crippen molar-refractivity contribution in [2.24, 2.45) is 4.99 Å². The summed E-state index contributed by atoms with van der Waals surface area (Å²) in [6, 6.07) is 8.27. The third-order valence-electron chi connectivity index (χ3n) is 5.58. The number of morpholine rings is 1. The van der Waals surface area contributed by atoms with Crippen LogP contribution in [0, 0.1) is 0 Å². The molecular weight excluding hydrogens is 481 g/mol. The van der Waals surface area contributed by atoms with E-state index in [2.05, 4.69) is 43.1 Å². The van der Waals surface area contributed by atoms with E-state index in [-0.39, 0.29) is 41.6 Å². The maximum Gasteiger partial charge on any atom is 0.194 e. The first-order valence-corrected chi connectivity index (χ1v) is 10.4. The Hall–Kier alpha value is -1.06. The van der Waals surface area contributed by atoms with Crippen molar-refractivity contribution in [3.8, 4) is 5.75 Å². The van der Waals surface area contributed by atoms with Crippen molar-refractivity contribution in [3.63, 3.8) is 0 Å². The molecular formula is C22H36IN3O3. The van der Waals surface area contributed by atoms with Gasteiger partial charge in [0.15, 0.2) is 5.96 Å². The van der Waals surface area contributed by atoms with Crippen LogP contribution in [-0.4, -0.2) is 69.6 Å². The second-order valence-corrected chi connectivity index (χ2v) is 8.19. The summed E-state index contributed by atoms with van der Waals surface area (Å²) in [4.78, 5) is 7.32. The largest absolute Gasteiger partial charge is 0.497 e. The quantitative estimate of drug-likeness (QED) is 0.356. The molecule has 0 spiro atoms. The van der Waals surface area contributed by atoms with Crippen molar-refractivity contribution in [2.75, 3.05) is 46.5 Å². The van der Waals surface area contributed by atoms with Gasteiger partial charge in [0.2, 0.25) is 0 Å². The van der Waals surface area contributed by atoms with Crippen molar-refractivity contribution in [1.82, 2.24) is 10.2 Å². The Morgan fingerprint density at radius 3 is 2.76 bits per heavy atom. The van der Waals surface area contributed by atoms with Crippen LogP contribution in [0.3, 0.4) is 0 Å². The predicted molar refractivity (Wildman–Crippen MR) is 128 cm³/mol. The van der Waals surface area contributed by atoms with Gasteiger partial charge < -0.3 is 24.4 Å². The van der Waals surface area contributed by atoms with Crippen LogP contribution in [-0.2, 0) is 14.9 Å². The summed E-state index contributed by atoms with van der Waals surface area (Å²) in [6.45, 7) is 11.4. The molecule has 1 aromatic rings. The maximum atomic E-state index is 6.00. The van der Waals surface area contributed by atoms with E-state index in [9.17, 15) is 0 Å². The number of aliphatic imine (C=N–C) groups is 1. The van der Waals surface area contributed by atoms with Crippen LogP contribution in [0.25, 0.3) is 0 Å². The zero-order valence-electron chi connectivity index (χ0n) is 18.1. The van der Waals surface area contributed by atoms with Crippen LogP contribution in [0.4, 0.5) is 0 Å². The van der Waals surface area contributed by atoms with Crippen LogP contribution < -0.4 is 10.1 Å². The fourth-order valence-electron chi connectivity index (χ4n) is 3.82. The predicted octanol–water partition coefficient (Wildman–Crippen LogP) is 3.44. The Labute approximate surface area is 192 Å². The standard InChI is InChI=1S/C22H35N3O3.HI/c1-5-23-21(25-11-13-28-20(15-25)19-10-7-12-27-19)24-16-22(2,3)17-8-6-9-18(14-17)26-4;/h6,8-9,14,19-20H,5,7,10-13,15-16H2,1-4H3,(H,23,24);1H. The Bertz CT molecular complexity index is 662. The number of nitrogens with zero attached hydrogens (tertiary/aromatic N) is 2. The Morgan fingerprint density at radius 1 is 1.28 bits per heavy atom. The number of halogens is 1. The molecule has 0 amide bonds. The van der Waals surface area contributed by atoms with Gasteiger partial charge >= 0.3 is 0 Å². The van der Waals surface area contributed by atoms with Gasteiger partial charge in [-0.3, -0.25) is 4.99 Å². The number of benzene rings is 1. The average molecular weight is 517 g/mol. The molecule has 1 N–H and O–H groups in total. The molecule has 1 aromatic carbocycles. The Morgan fingerprint density at radius 2 is 2.07 bits per heavy atom. The van der Waals surface area contributed by atoms with E-state index in [0.29, 0.717) is 13.2 Å². The highest BCUT2D eigenvalue weighted by atomic mass is 127. The molecule has 7 heteroatoms. The van der Waals surface area contributed by atoms with Crippen molar-refractivity contribution in [1.29, 1.82) is 0 Å². The van der Waals surface area contributed by atoms with Crippen molar-refractivity contribution >= 4 is 29.9 Å². The van der Waals surface area contributed by atoms with Gasteiger partial charge in [-0.2, -0.15) is 0 Å². The van der Waals surface area contributed by atoms with Crippen molar-refractivity contribution in [2.45, 2.75) is 51.2 Å². The van der Waals surface area contributed by atoms with Crippen molar-refractivity contribution in [3.05, 3.63) is 29.8 Å². The summed E-state index contributed by atoms with van der Waals surface area (Å²) < 4.78 is 17.2. The zero-order valence-corrected chi connectivity index (χ0v) is 20.5. The monoisotopic (exact) mass is 517 g/mol. The highest BCUT2D eigenvalue weighted by Gasteiger charge is 2.32. The van der Waals surface area contributed by atoms with Crippen LogP contribution >= 0.6 is 24.0 Å². The first-order chi connectivity index (χ1) is 13.5. The summed E-state index contributed by atoms with van der Waals surface area (Å²) >= 11 is 0. The average Bonchev–Trinajstić information content (AvgIpc) is 3.26. The molecule has 0 aromatic heterocycles. The smallest absolute Gasteiger partial charge is 0.194 e. The first kappa shape index (κ1) is 24.2. The highest BCUT2D eigenvalue weighted by molar-refractivity contribution is 14.0. The minimum atomic E-state index is -0.0878. The van der Waals surface area contributed by atoms with E-state index in [4.69, 9.17) is 19.2 Å². The van der Waals surface area contributed by atoms with Gasteiger partial charge in [-0.05, 0) is 37.5 Å². The number of hydrogen-bond donors (Lipinski definition) is 1. The molecule has 2 fully saturated rings. The molecule has 2 atom stereocenters. The number of guanidine groups is 1. The van der Waals surface area contributed by atoms with Crippen molar-refractivity contribution < 1.29 is 14.2 Å². The fourth-order valence-corrected chi connectivity index (χ4v) is 3.82. The molecule has 0 saturated carbocycles. The van der Waals surface area contributed by atoms with Crippen LogP contribution in [0.15, 0.2) is 29.3 Å². The second-order valence-electron chi connectivity index (χ2n) is 8.19. The van der Waals surface area contributed by atoms with Gasteiger partial charge in [-0.25, -0.2) is 0 Å². The van der Waals surface area contributed by atoms with Gasteiger partial charge in [0, 0.05) is 31.7 Å². The molecule has 2 heterocycles. The van der Waals surface area contributed by atoms with Crippen LogP contribution in [0.2, 0.25) is 0 Å². The van der Waals surface area contributed by atoms with Crippen LogP contribution in [0.1, 0.15) is 39.2 Å². The minimum absolute atomic E-state index is 0. The molecule has 2 aliphatic rings. The first-order valence-electron chi connectivity index (χ1n) is 10.4. The SMILES string of the molecule is CCNC(=NCC(C)(C)c1cccc(OC)c1)N1CCOC(C2CCCO2)C1.I. The number of rotatable bonds is 6. The summed E-state index contributed by atoms with van der Waals surface area (Å²) in [6.07, 6.45) is 2.58. The molecule has 164 valence electrons. The molecule has 2 unspecified atom stereocenters. The second kappa shape index (κ2) is 11.4. The number of hydrogen-bond acceptors (Lipinski definition) is 4. The molecule has 2 aliphatic heterocycles. The Kier molecular flexibility index (Phi) is 9.49. The van der Waals surface area contributed by atoms with Gasteiger partial charge in [0.1, 0.15) is 11.9 Å². The highest BCUT2D eigenvalue weighted by Crippen LogP contribution is 2.27. The molecule has 0 radical (unpaired) electrons. The topological polar surface area (TPSA) is 55.3 Å². The molecule has 0 bridgehead atoms. The van der Waals surface area contributed by atoms with E-state index >= 15 is 0 Å². The van der Waals surface area contributed by atoms with Gasteiger partial charge in [0.25, 0.3) is 0 Å². The lowest BCUT2D eigenvalue weighted by Gasteiger charge is -2.37. The molecule has 6 nitrogen and oxygen atoms in total. The number of ether oxygens (including phenoxy) is 3. The lowest BCUT2D eigenvalue weighted by molar-refractivity contribution is -0.0817. The number of methoxy groups -OCH3 is 1. The minimum Gasteiger partial charge on any atom is -0.497 e. The third kappa shape index (κ3) is 6.46. The summed E-state index contributed by atoms with van der Waals surface area (Å²) in [5, 5.41) is 3.46. The maximum absolute atomic E-state index is 6.00. The summed E-state index contributed by atoms with van der Waals surface area (Å²) in [5.41, 5.74) is 1.14. The van der Waals surface area contributed by atoms with E-state index in [0.717, 1.165) is 50.8 Å². The van der Waals surface area contributed by atoms with Gasteiger partial charge in [0.05, 0.1) is 26.4 Å². The molecule has 3 rings (SSSR count). The fraction of sp³-hybridized carbons (Fsp3) is 0.682. The summed E-state index contributed by atoms with van der Waals surface area (Å²) in [5.74, 6) is 1.85. The van der Waals surface area contributed by atoms with Gasteiger partial charge in [-0.15, -0.1) is 24.0 Å². The summed E-state index contributed by atoms with van der Waals surface area (Å²) in [7, 11) is 1.70. The zero-order chi connectivity index (χ0) is 20.0. The van der Waals surface area contributed by atoms with E-state index < -0.39 is 0 Å². The molecule has 2 saturated heterocycles. The van der Waals surface area contributed by atoms with E-state index in [1.165, 1.54) is 5.56 Å². The van der Waals surface area contributed by atoms with Crippen LogP contribution in [0.5, 0.6) is 5.75 Å². The molecule has 29 heavy (non-hydrogen) atoms. The van der Waals surface area contributed by atoms with Gasteiger partial charge in [-0.1, -0.05) is 26.0 Å². The lowest BCUT2D eigenvalue weighted by Crippen LogP contribution is -2.53. The van der Waals surface area contributed by atoms with E-state index in [1.807, 2.05) is 12.1 Å². The lowest BCUT2D eigenvalue weighted by atomic mass is 9.84.